The molecule has 2 atom stereocenters. The Labute approximate surface area is 107 Å². The Kier molecular flexibility index (Phi) is 4.98. The van der Waals surface area contributed by atoms with Gasteiger partial charge in [-0.05, 0) is 19.4 Å². The Balaban J connectivity index is 2.93. The van der Waals surface area contributed by atoms with Crippen LogP contribution in [-0.4, -0.2) is 31.6 Å². The van der Waals surface area contributed by atoms with Crippen molar-refractivity contribution in [2.75, 3.05) is 5.33 Å². The van der Waals surface area contributed by atoms with Gasteiger partial charge in [0.25, 0.3) is 5.69 Å². The second kappa shape index (κ2) is 6.04. The van der Waals surface area contributed by atoms with E-state index in [4.69, 9.17) is 0 Å². The Morgan fingerprint density at radius 1 is 1.53 bits per heavy atom. The van der Waals surface area contributed by atoms with E-state index in [1.165, 1.54) is 19.1 Å². The minimum absolute atomic E-state index is 0.101. The number of alkyl halides is 1. The second-order valence-electron chi connectivity index (χ2n) is 3.59. The number of hydrogen-bond acceptors (Lipinski definition) is 5. The van der Waals surface area contributed by atoms with Crippen molar-refractivity contribution in [1.82, 2.24) is 4.98 Å². The molecule has 0 aliphatic carbocycles. The summed E-state index contributed by atoms with van der Waals surface area (Å²) in [7, 11) is 0. The van der Waals surface area contributed by atoms with E-state index in [1.54, 1.807) is 0 Å². The van der Waals surface area contributed by atoms with Gasteiger partial charge in [0.1, 0.15) is 11.8 Å². The predicted octanol–water partition coefficient (Wildman–Crippen LogP) is 1.48. The van der Waals surface area contributed by atoms with Gasteiger partial charge in [0, 0.05) is 11.4 Å². The Morgan fingerprint density at radius 3 is 2.65 bits per heavy atom. The quantitative estimate of drug-likeness (QED) is 0.488. The number of nitrogens with zero attached hydrogens (tertiary/aromatic N) is 2. The first kappa shape index (κ1) is 14.0. The van der Waals surface area contributed by atoms with Crippen molar-refractivity contribution in [2.24, 2.45) is 0 Å². The number of pyridine rings is 1. The number of aliphatic hydroxyl groups excluding tert-OH is 2. The summed E-state index contributed by atoms with van der Waals surface area (Å²) in [6, 6.07) is 2.63. The molecule has 0 saturated carbocycles. The van der Waals surface area contributed by atoms with Gasteiger partial charge >= 0.3 is 0 Å². The lowest BCUT2D eigenvalue weighted by molar-refractivity contribution is -0.385. The summed E-state index contributed by atoms with van der Waals surface area (Å²) in [5, 5.41) is 30.5. The van der Waals surface area contributed by atoms with Crippen molar-refractivity contribution in [1.29, 1.82) is 0 Å². The molecule has 0 amide bonds. The molecule has 94 valence electrons. The van der Waals surface area contributed by atoms with Gasteiger partial charge in [0.15, 0.2) is 0 Å². The zero-order valence-corrected chi connectivity index (χ0v) is 10.8. The molecule has 0 fully saturated rings. The van der Waals surface area contributed by atoms with E-state index in [2.05, 4.69) is 20.9 Å². The van der Waals surface area contributed by atoms with Gasteiger partial charge in [0.2, 0.25) is 0 Å². The van der Waals surface area contributed by atoms with Crippen LogP contribution >= 0.6 is 15.9 Å². The lowest BCUT2D eigenvalue weighted by atomic mass is 10.1. The molecule has 1 aromatic heterocycles. The van der Waals surface area contributed by atoms with E-state index in [1.807, 2.05) is 0 Å². The summed E-state index contributed by atoms with van der Waals surface area (Å²) in [5.41, 5.74) is 0.357. The van der Waals surface area contributed by atoms with Gasteiger partial charge < -0.3 is 10.2 Å². The molecule has 7 heteroatoms. The fraction of sp³-hybridized carbons (Fsp3) is 0.500. The zero-order chi connectivity index (χ0) is 13.0. The first-order chi connectivity index (χ1) is 7.97. The SMILES string of the molecule is Cc1nc(C(O)C(O)CCBr)ccc1[N+](=O)[O-]. The number of halogens is 1. The normalized spacial score (nSPS) is 14.4. The highest BCUT2D eigenvalue weighted by Crippen LogP contribution is 2.22. The average molecular weight is 305 g/mol. The summed E-state index contributed by atoms with van der Waals surface area (Å²) in [6.45, 7) is 1.49. The van der Waals surface area contributed by atoms with E-state index in [-0.39, 0.29) is 17.1 Å². The summed E-state index contributed by atoms with van der Waals surface area (Å²) in [4.78, 5) is 14.0. The minimum atomic E-state index is -1.13. The third-order valence-electron chi connectivity index (χ3n) is 2.35. The average Bonchev–Trinajstić information content (AvgIpc) is 2.27. The fourth-order valence-corrected chi connectivity index (χ4v) is 1.87. The van der Waals surface area contributed by atoms with Crippen LogP contribution in [0.25, 0.3) is 0 Å². The summed E-state index contributed by atoms with van der Waals surface area (Å²) in [5.74, 6) is 0. The number of nitro groups is 1. The van der Waals surface area contributed by atoms with Crippen molar-refractivity contribution in [3.05, 3.63) is 33.6 Å². The molecule has 17 heavy (non-hydrogen) atoms. The highest BCUT2D eigenvalue weighted by molar-refractivity contribution is 9.09. The summed E-state index contributed by atoms with van der Waals surface area (Å²) < 4.78 is 0. The van der Waals surface area contributed by atoms with Crippen molar-refractivity contribution >= 4 is 21.6 Å². The van der Waals surface area contributed by atoms with E-state index in [0.717, 1.165) is 0 Å². The van der Waals surface area contributed by atoms with Gasteiger partial charge in [-0.2, -0.15) is 0 Å². The fourth-order valence-electron chi connectivity index (χ4n) is 1.40. The van der Waals surface area contributed by atoms with E-state index in [9.17, 15) is 20.3 Å². The van der Waals surface area contributed by atoms with Crippen LogP contribution in [0.3, 0.4) is 0 Å². The van der Waals surface area contributed by atoms with E-state index < -0.39 is 17.1 Å². The highest BCUT2D eigenvalue weighted by atomic mass is 79.9. The molecule has 6 nitrogen and oxygen atoms in total. The number of aryl methyl sites for hydroxylation is 1. The Bertz CT molecular complexity index is 413. The van der Waals surface area contributed by atoms with Gasteiger partial charge in [-0.3, -0.25) is 10.1 Å². The minimum Gasteiger partial charge on any atom is -0.390 e. The van der Waals surface area contributed by atoms with Crippen LogP contribution in [0.5, 0.6) is 0 Å². The van der Waals surface area contributed by atoms with Gasteiger partial charge in [-0.15, -0.1) is 0 Å². The maximum absolute atomic E-state index is 10.6. The second-order valence-corrected chi connectivity index (χ2v) is 4.38. The highest BCUT2D eigenvalue weighted by Gasteiger charge is 2.21. The standard InChI is InChI=1S/C10H13BrN2O4/c1-6-8(13(16)17)3-2-7(12-6)10(15)9(14)4-5-11/h2-3,9-10,14-15H,4-5H2,1H3. The molecule has 0 aliphatic heterocycles. The molecule has 1 rings (SSSR count). The maximum atomic E-state index is 10.6. The van der Waals surface area contributed by atoms with Crippen LogP contribution in [0.15, 0.2) is 12.1 Å². The van der Waals surface area contributed by atoms with Crippen LogP contribution in [0.2, 0.25) is 0 Å². The summed E-state index contributed by atoms with van der Waals surface area (Å²) in [6.07, 6.45) is -1.70. The topological polar surface area (TPSA) is 96.5 Å². The van der Waals surface area contributed by atoms with Crippen LogP contribution < -0.4 is 0 Å². The van der Waals surface area contributed by atoms with Crippen molar-refractivity contribution in [3.8, 4) is 0 Å². The van der Waals surface area contributed by atoms with Crippen LogP contribution in [0, 0.1) is 17.0 Å². The van der Waals surface area contributed by atoms with Crippen molar-refractivity contribution < 1.29 is 15.1 Å². The molecule has 0 bridgehead atoms. The first-order valence-corrected chi connectivity index (χ1v) is 6.13. The number of hydrogen-bond donors (Lipinski definition) is 2. The Hall–Kier alpha value is -1.05. The molecule has 0 radical (unpaired) electrons. The lowest BCUT2D eigenvalue weighted by Gasteiger charge is -2.16. The molecule has 0 aliphatic rings. The molecular weight excluding hydrogens is 292 g/mol. The third kappa shape index (κ3) is 3.45. The third-order valence-corrected chi connectivity index (χ3v) is 2.81. The molecule has 1 aromatic rings. The van der Waals surface area contributed by atoms with Crippen molar-refractivity contribution in [2.45, 2.75) is 25.6 Å². The first-order valence-electron chi connectivity index (χ1n) is 5.01. The van der Waals surface area contributed by atoms with Crippen LogP contribution in [0.1, 0.15) is 23.9 Å². The molecule has 2 N–H and O–H groups in total. The molecule has 0 aromatic carbocycles. The largest absolute Gasteiger partial charge is 0.390 e. The van der Waals surface area contributed by atoms with Crippen molar-refractivity contribution in [3.63, 3.8) is 0 Å². The molecule has 2 unspecified atom stereocenters. The molecule has 0 spiro atoms. The lowest BCUT2D eigenvalue weighted by Crippen LogP contribution is -2.20. The summed E-state index contributed by atoms with van der Waals surface area (Å²) >= 11 is 3.16. The number of aliphatic hydroxyl groups is 2. The predicted molar refractivity (Wildman–Crippen MR) is 65.0 cm³/mol. The maximum Gasteiger partial charge on any atom is 0.290 e. The Morgan fingerprint density at radius 2 is 2.18 bits per heavy atom. The zero-order valence-electron chi connectivity index (χ0n) is 9.21. The van der Waals surface area contributed by atoms with Crippen LogP contribution in [0.4, 0.5) is 5.69 Å². The monoisotopic (exact) mass is 304 g/mol. The van der Waals surface area contributed by atoms with Gasteiger partial charge in [0.05, 0.1) is 16.7 Å². The van der Waals surface area contributed by atoms with Gasteiger partial charge in [-0.1, -0.05) is 15.9 Å². The number of aromatic nitrogens is 1. The van der Waals surface area contributed by atoms with Crippen LogP contribution in [-0.2, 0) is 0 Å². The molecular formula is C10H13BrN2O4. The van der Waals surface area contributed by atoms with E-state index in [0.29, 0.717) is 11.8 Å². The van der Waals surface area contributed by atoms with E-state index >= 15 is 0 Å². The number of rotatable bonds is 5. The smallest absolute Gasteiger partial charge is 0.290 e. The molecule has 0 saturated heterocycles. The van der Waals surface area contributed by atoms with Gasteiger partial charge in [-0.25, -0.2) is 4.98 Å². The molecule has 1 heterocycles.